The summed E-state index contributed by atoms with van der Waals surface area (Å²) in [4.78, 5) is 13.6. The lowest BCUT2D eigenvalue weighted by molar-refractivity contribution is -0.143. The molecule has 2 atom stereocenters. The van der Waals surface area contributed by atoms with E-state index in [9.17, 15) is 9.90 Å². The molecule has 1 fully saturated rings. The van der Waals surface area contributed by atoms with E-state index in [1.54, 1.807) is 0 Å². The van der Waals surface area contributed by atoms with Crippen LogP contribution in [0.4, 0.5) is 0 Å². The average Bonchev–Trinajstić information content (AvgIpc) is 2.44. The summed E-state index contributed by atoms with van der Waals surface area (Å²) in [5.41, 5.74) is 0. The second kappa shape index (κ2) is 9.98. The molecule has 3 heteroatoms. The van der Waals surface area contributed by atoms with Crippen molar-refractivity contribution in [3.63, 3.8) is 0 Å². The number of hydrogen-bond donors (Lipinski definition) is 1. The van der Waals surface area contributed by atoms with Crippen LogP contribution in [0, 0.1) is 0 Å². The molecule has 0 aromatic rings. The van der Waals surface area contributed by atoms with E-state index in [-0.39, 0.29) is 18.1 Å². The summed E-state index contributed by atoms with van der Waals surface area (Å²) in [6.07, 6.45) is 13.3. The molecule has 1 rings (SSSR count). The summed E-state index contributed by atoms with van der Waals surface area (Å²) in [5, 5.41) is 9.78. The van der Waals surface area contributed by atoms with Gasteiger partial charge in [-0.25, -0.2) is 0 Å². The van der Waals surface area contributed by atoms with Crippen LogP contribution in [0.2, 0.25) is 0 Å². The molecule has 0 saturated carbocycles. The van der Waals surface area contributed by atoms with Crippen molar-refractivity contribution in [3.8, 4) is 0 Å². The fourth-order valence-corrected chi connectivity index (χ4v) is 2.59. The molecule has 0 spiro atoms. The highest BCUT2D eigenvalue weighted by molar-refractivity contribution is 5.83. The third-order valence-corrected chi connectivity index (χ3v) is 4.02. The largest absolute Gasteiger partial charge is 0.389 e. The first kappa shape index (κ1) is 17.2. The van der Waals surface area contributed by atoms with Crippen molar-refractivity contribution in [1.29, 1.82) is 0 Å². The van der Waals surface area contributed by atoms with Crippen LogP contribution in [0.3, 0.4) is 0 Å². The van der Waals surface area contributed by atoms with Crippen LogP contribution in [0.5, 0.6) is 0 Å². The first-order valence-corrected chi connectivity index (χ1v) is 8.34. The van der Waals surface area contributed by atoms with Gasteiger partial charge in [0, 0.05) is 6.54 Å². The first-order chi connectivity index (χ1) is 9.69. The van der Waals surface area contributed by atoms with Gasteiger partial charge in [-0.15, -0.1) is 0 Å². The Morgan fingerprint density at radius 2 is 1.90 bits per heavy atom. The van der Waals surface area contributed by atoms with Crippen LogP contribution < -0.4 is 0 Å². The minimum Gasteiger partial charge on any atom is -0.389 e. The van der Waals surface area contributed by atoms with E-state index in [4.69, 9.17) is 0 Å². The van der Waals surface area contributed by atoms with Crippen LogP contribution in [0.15, 0.2) is 12.2 Å². The number of rotatable bonds is 11. The van der Waals surface area contributed by atoms with E-state index in [0.717, 1.165) is 32.2 Å². The minimum absolute atomic E-state index is 0.227. The monoisotopic (exact) mass is 281 g/mol. The fraction of sp³-hybridized carbons (Fsp3) is 0.824. The zero-order chi connectivity index (χ0) is 14.8. The third-order valence-electron chi connectivity index (χ3n) is 4.02. The Morgan fingerprint density at radius 1 is 1.20 bits per heavy atom. The molecule has 1 heterocycles. The number of nitrogens with zero attached hydrogens (tertiary/aromatic N) is 1. The summed E-state index contributed by atoms with van der Waals surface area (Å²) < 4.78 is 0. The molecule has 0 aromatic heterocycles. The van der Waals surface area contributed by atoms with Gasteiger partial charge in [0.1, 0.15) is 0 Å². The molecule has 0 aliphatic carbocycles. The van der Waals surface area contributed by atoms with E-state index in [1.165, 1.54) is 25.7 Å². The average molecular weight is 281 g/mol. The Kier molecular flexibility index (Phi) is 8.59. The number of aliphatic hydroxyl groups is 1. The molecule has 0 bridgehead atoms. The van der Waals surface area contributed by atoms with Gasteiger partial charge in [-0.3, -0.25) is 4.79 Å². The van der Waals surface area contributed by atoms with Crippen LogP contribution in [-0.4, -0.2) is 34.6 Å². The molecule has 20 heavy (non-hydrogen) atoms. The molecule has 1 aliphatic heterocycles. The molecule has 1 amide bonds. The second-order valence-electron chi connectivity index (χ2n) is 5.87. The van der Waals surface area contributed by atoms with Crippen LogP contribution >= 0.6 is 0 Å². The number of likely N-dealkylation sites (tertiary alicyclic amines) is 1. The Morgan fingerprint density at radius 3 is 2.55 bits per heavy atom. The third kappa shape index (κ3) is 6.08. The van der Waals surface area contributed by atoms with Crippen molar-refractivity contribution < 1.29 is 9.90 Å². The lowest BCUT2D eigenvalue weighted by Gasteiger charge is -2.39. The van der Waals surface area contributed by atoms with Gasteiger partial charge in [-0.05, 0) is 12.8 Å². The van der Waals surface area contributed by atoms with E-state index in [1.807, 2.05) is 17.1 Å². The molecular formula is C17H31NO2. The first-order valence-electron chi connectivity index (χ1n) is 8.34. The molecule has 0 aromatic carbocycles. The van der Waals surface area contributed by atoms with E-state index in [0.29, 0.717) is 6.42 Å². The van der Waals surface area contributed by atoms with Gasteiger partial charge in [0.15, 0.2) is 0 Å². The maximum atomic E-state index is 11.6. The predicted octanol–water partition coefficient (Wildman–Crippen LogP) is 3.67. The summed E-state index contributed by atoms with van der Waals surface area (Å²) in [5.74, 6) is 0.262. The highest BCUT2D eigenvalue weighted by atomic mass is 16.3. The smallest absolute Gasteiger partial charge is 0.225 e. The van der Waals surface area contributed by atoms with Crippen molar-refractivity contribution in [2.75, 3.05) is 6.54 Å². The second-order valence-corrected chi connectivity index (χ2v) is 5.87. The molecule has 0 radical (unpaired) electrons. The highest BCUT2D eigenvalue weighted by Crippen LogP contribution is 2.22. The molecule has 1 saturated heterocycles. The van der Waals surface area contributed by atoms with Gasteiger partial charge in [0.2, 0.25) is 5.91 Å². The van der Waals surface area contributed by atoms with Gasteiger partial charge >= 0.3 is 0 Å². The molecule has 1 N–H and O–H groups in total. The SMILES string of the molecule is CCCCCCCN1C(=O)CC1/C=C/C(O)CCCC. The van der Waals surface area contributed by atoms with E-state index < -0.39 is 0 Å². The van der Waals surface area contributed by atoms with E-state index in [2.05, 4.69) is 13.8 Å². The zero-order valence-electron chi connectivity index (χ0n) is 13.2. The maximum absolute atomic E-state index is 11.6. The number of carbonyl (C=O) groups is 1. The van der Waals surface area contributed by atoms with E-state index >= 15 is 0 Å². The molecule has 116 valence electrons. The Hall–Kier alpha value is -0.830. The molecular weight excluding hydrogens is 250 g/mol. The standard InChI is InChI=1S/C17H31NO2/c1-3-5-7-8-9-13-18-15(14-17(18)20)11-12-16(19)10-6-4-2/h11-12,15-16,19H,3-10,13-14H2,1-2H3/b12-11+. The summed E-state index contributed by atoms with van der Waals surface area (Å²) in [7, 11) is 0. The van der Waals surface area contributed by atoms with Gasteiger partial charge in [0.25, 0.3) is 0 Å². The van der Waals surface area contributed by atoms with Crippen molar-refractivity contribution in [2.45, 2.75) is 83.8 Å². The molecule has 1 aliphatic rings. The number of amides is 1. The van der Waals surface area contributed by atoms with Crippen molar-refractivity contribution in [2.24, 2.45) is 0 Å². The maximum Gasteiger partial charge on any atom is 0.225 e. The highest BCUT2D eigenvalue weighted by Gasteiger charge is 2.33. The van der Waals surface area contributed by atoms with Gasteiger partial charge in [0.05, 0.1) is 18.6 Å². The van der Waals surface area contributed by atoms with Crippen molar-refractivity contribution >= 4 is 5.91 Å². The predicted molar refractivity (Wildman–Crippen MR) is 83.5 cm³/mol. The van der Waals surface area contributed by atoms with Crippen molar-refractivity contribution in [3.05, 3.63) is 12.2 Å². The number of unbranched alkanes of at least 4 members (excludes halogenated alkanes) is 5. The Bertz CT molecular complexity index is 301. The zero-order valence-corrected chi connectivity index (χ0v) is 13.2. The van der Waals surface area contributed by atoms with Gasteiger partial charge in [-0.1, -0.05) is 64.5 Å². The fourth-order valence-electron chi connectivity index (χ4n) is 2.59. The normalized spacial score (nSPS) is 20.4. The number of β-lactam (4-membered cyclic amide) rings is 1. The molecule has 3 nitrogen and oxygen atoms in total. The lowest BCUT2D eigenvalue weighted by atomic mass is 9.99. The Balaban J connectivity index is 2.21. The number of carbonyl (C=O) groups excluding carboxylic acids is 1. The topological polar surface area (TPSA) is 40.5 Å². The summed E-state index contributed by atoms with van der Waals surface area (Å²) in [6, 6.07) is 0.227. The number of aliphatic hydroxyl groups excluding tert-OH is 1. The summed E-state index contributed by atoms with van der Waals surface area (Å²) in [6.45, 7) is 5.22. The van der Waals surface area contributed by atoms with Crippen LogP contribution in [0.25, 0.3) is 0 Å². The lowest BCUT2D eigenvalue weighted by Crippen LogP contribution is -2.51. The minimum atomic E-state index is -0.350. The van der Waals surface area contributed by atoms with Crippen LogP contribution in [-0.2, 0) is 4.79 Å². The Labute approximate surface area is 124 Å². The number of hydrogen-bond acceptors (Lipinski definition) is 2. The van der Waals surface area contributed by atoms with Crippen molar-refractivity contribution in [1.82, 2.24) is 4.90 Å². The quantitative estimate of drug-likeness (QED) is 0.357. The van der Waals surface area contributed by atoms with Gasteiger partial charge in [-0.2, -0.15) is 0 Å². The van der Waals surface area contributed by atoms with Gasteiger partial charge < -0.3 is 10.0 Å². The van der Waals surface area contributed by atoms with Crippen LogP contribution in [0.1, 0.15) is 71.6 Å². The molecule has 2 unspecified atom stereocenters. The summed E-state index contributed by atoms with van der Waals surface area (Å²) >= 11 is 0.